The van der Waals surface area contributed by atoms with Crippen LogP contribution in [0.1, 0.15) is 25.0 Å². The van der Waals surface area contributed by atoms with E-state index in [1.54, 1.807) is 0 Å². The molecule has 0 N–H and O–H groups in total. The Balaban J connectivity index is 0.978. The molecule has 0 amide bonds. The molecule has 1 aromatic heterocycles. The minimum atomic E-state index is -0.0759. The fourth-order valence-corrected chi connectivity index (χ4v) is 11.1. The Bertz CT molecular complexity index is 3370. The molecule has 0 spiro atoms. The minimum absolute atomic E-state index is 0.0759. The van der Waals surface area contributed by atoms with Gasteiger partial charge in [-0.05, 0) is 123 Å². The lowest BCUT2D eigenvalue weighted by Gasteiger charge is -2.21. The van der Waals surface area contributed by atoms with Crippen LogP contribution in [0.25, 0.3) is 108 Å². The van der Waals surface area contributed by atoms with E-state index in [4.69, 9.17) is 0 Å². The molecule has 0 saturated heterocycles. The highest BCUT2D eigenvalue weighted by Crippen LogP contribution is 2.53. The van der Waals surface area contributed by atoms with Crippen LogP contribution in [0.5, 0.6) is 0 Å². The van der Waals surface area contributed by atoms with Crippen molar-refractivity contribution >= 4 is 74.6 Å². The smallest absolute Gasteiger partial charge is 0.0433 e. The van der Waals surface area contributed by atoms with Gasteiger partial charge in [-0.3, -0.25) is 0 Å². The largest absolute Gasteiger partial charge is 0.135 e. The molecule has 56 heavy (non-hydrogen) atoms. The van der Waals surface area contributed by atoms with Gasteiger partial charge >= 0.3 is 0 Å². The standard InChI is InChI=1S/C55H36S/c1-55(2)49-28-26-38(30-46(49)47-32-51-48(31-50(47)55)45-27-25-35-12-5-6-14-40(35)54(45)56-51)34-19-22-36(23-20-34)52-41-15-7-9-17-43(41)53(44-18-10-8-16-42(44)52)39-24-21-33-11-3-4-13-37(33)29-39/h3-32H,1-2H3. The van der Waals surface area contributed by atoms with Gasteiger partial charge in [0.2, 0.25) is 0 Å². The topological polar surface area (TPSA) is 0 Å². The zero-order valence-corrected chi connectivity index (χ0v) is 32.0. The van der Waals surface area contributed by atoms with E-state index in [0.717, 1.165) is 0 Å². The Morgan fingerprint density at radius 1 is 0.339 bits per heavy atom. The van der Waals surface area contributed by atoms with E-state index in [-0.39, 0.29) is 5.41 Å². The predicted molar refractivity (Wildman–Crippen MR) is 243 cm³/mol. The normalized spacial score (nSPS) is 13.3. The van der Waals surface area contributed by atoms with Crippen molar-refractivity contribution in [3.05, 3.63) is 193 Å². The molecule has 10 aromatic carbocycles. The van der Waals surface area contributed by atoms with Crippen molar-refractivity contribution in [3.8, 4) is 44.5 Å². The molecule has 0 radical (unpaired) electrons. The first-order valence-electron chi connectivity index (χ1n) is 19.6. The second-order valence-corrected chi connectivity index (χ2v) is 17.1. The summed E-state index contributed by atoms with van der Waals surface area (Å²) in [7, 11) is 0. The molecule has 0 unspecified atom stereocenters. The monoisotopic (exact) mass is 728 g/mol. The Morgan fingerprint density at radius 3 is 1.59 bits per heavy atom. The SMILES string of the molecule is CC1(C)c2ccc(-c3ccc(-c4c5ccccc5c(-c5ccc6ccccc6c5)c5ccccc45)cc3)cc2-c2cc3sc4c5ccccc5ccc4c3cc21. The molecule has 0 bridgehead atoms. The molecule has 0 aliphatic heterocycles. The maximum Gasteiger partial charge on any atom is 0.0433 e. The minimum Gasteiger partial charge on any atom is -0.135 e. The van der Waals surface area contributed by atoms with Crippen molar-refractivity contribution < 1.29 is 0 Å². The Hall–Kier alpha value is -6.54. The van der Waals surface area contributed by atoms with Crippen LogP contribution in [0, 0.1) is 0 Å². The Morgan fingerprint density at radius 2 is 0.875 bits per heavy atom. The summed E-state index contributed by atoms with van der Waals surface area (Å²) in [6, 6.07) is 68.2. The Kier molecular flexibility index (Phi) is 6.66. The molecule has 0 saturated carbocycles. The molecule has 0 nitrogen and oxygen atoms in total. The second-order valence-electron chi connectivity index (χ2n) is 16.0. The number of hydrogen-bond donors (Lipinski definition) is 0. The first kappa shape index (κ1) is 31.8. The van der Waals surface area contributed by atoms with Gasteiger partial charge in [0.1, 0.15) is 0 Å². The lowest BCUT2D eigenvalue weighted by atomic mass is 9.81. The summed E-state index contributed by atoms with van der Waals surface area (Å²) in [6.07, 6.45) is 0. The van der Waals surface area contributed by atoms with Gasteiger partial charge in [0, 0.05) is 25.6 Å². The first-order chi connectivity index (χ1) is 27.5. The van der Waals surface area contributed by atoms with Crippen molar-refractivity contribution in [2.45, 2.75) is 19.3 Å². The van der Waals surface area contributed by atoms with Crippen molar-refractivity contribution in [2.24, 2.45) is 0 Å². The van der Waals surface area contributed by atoms with E-state index in [9.17, 15) is 0 Å². The lowest BCUT2D eigenvalue weighted by Crippen LogP contribution is -2.14. The van der Waals surface area contributed by atoms with Gasteiger partial charge in [0.05, 0.1) is 0 Å². The average Bonchev–Trinajstić information content (AvgIpc) is 3.73. The number of thiophene rings is 1. The van der Waals surface area contributed by atoms with Gasteiger partial charge in [-0.2, -0.15) is 0 Å². The van der Waals surface area contributed by atoms with Gasteiger partial charge in [-0.15, -0.1) is 11.3 Å². The van der Waals surface area contributed by atoms with Crippen molar-refractivity contribution in [1.29, 1.82) is 0 Å². The van der Waals surface area contributed by atoms with E-state index >= 15 is 0 Å². The molecule has 262 valence electrons. The van der Waals surface area contributed by atoms with Gasteiger partial charge in [-0.25, -0.2) is 0 Å². The summed E-state index contributed by atoms with van der Waals surface area (Å²) < 4.78 is 2.75. The summed E-state index contributed by atoms with van der Waals surface area (Å²) in [6.45, 7) is 4.78. The summed E-state index contributed by atoms with van der Waals surface area (Å²) in [5.74, 6) is 0. The van der Waals surface area contributed by atoms with Crippen molar-refractivity contribution in [2.75, 3.05) is 0 Å². The third-order valence-corrected chi connectivity index (χ3v) is 13.8. The lowest BCUT2D eigenvalue weighted by molar-refractivity contribution is 0.661. The van der Waals surface area contributed by atoms with Crippen LogP contribution in [-0.4, -0.2) is 0 Å². The molecule has 1 heterocycles. The van der Waals surface area contributed by atoms with E-state index < -0.39 is 0 Å². The van der Waals surface area contributed by atoms with Gasteiger partial charge in [0.25, 0.3) is 0 Å². The van der Waals surface area contributed by atoms with Crippen LogP contribution in [-0.2, 0) is 5.41 Å². The molecule has 0 atom stereocenters. The first-order valence-corrected chi connectivity index (χ1v) is 20.4. The summed E-state index contributed by atoms with van der Waals surface area (Å²) >= 11 is 1.93. The molecule has 1 heteroatoms. The van der Waals surface area contributed by atoms with Crippen LogP contribution in [0.3, 0.4) is 0 Å². The number of fused-ring (bicyclic) bond motifs is 11. The van der Waals surface area contributed by atoms with E-state index in [1.165, 1.54) is 119 Å². The number of rotatable bonds is 3. The van der Waals surface area contributed by atoms with Crippen LogP contribution >= 0.6 is 11.3 Å². The fraction of sp³-hybridized carbons (Fsp3) is 0.0545. The molecule has 12 rings (SSSR count). The van der Waals surface area contributed by atoms with Crippen LogP contribution in [0.4, 0.5) is 0 Å². The highest BCUT2D eigenvalue weighted by Gasteiger charge is 2.36. The maximum absolute atomic E-state index is 2.49. The maximum atomic E-state index is 2.49. The van der Waals surface area contributed by atoms with Crippen molar-refractivity contribution in [1.82, 2.24) is 0 Å². The van der Waals surface area contributed by atoms with Gasteiger partial charge < -0.3 is 0 Å². The zero-order valence-electron chi connectivity index (χ0n) is 31.2. The molecular formula is C55H36S. The number of hydrogen-bond acceptors (Lipinski definition) is 1. The van der Waals surface area contributed by atoms with Gasteiger partial charge in [0.15, 0.2) is 0 Å². The van der Waals surface area contributed by atoms with E-state index in [1.807, 2.05) is 11.3 Å². The highest BCUT2D eigenvalue weighted by atomic mass is 32.1. The summed E-state index contributed by atoms with van der Waals surface area (Å²) in [4.78, 5) is 0. The second kappa shape index (κ2) is 11.7. The molecule has 0 fully saturated rings. The molecule has 1 aliphatic rings. The number of benzene rings is 10. The fourth-order valence-electron chi connectivity index (χ4n) is 9.85. The summed E-state index contributed by atoms with van der Waals surface area (Å²) in [5, 5.41) is 13.0. The summed E-state index contributed by atoms with van der Waals surface area (Å²) in [5.41, 5.74) is 13.0. The highest BCUT2D eigenvalue weighted by molar-refractivity contribution is 7.26. The Labute approximate surface area is 329 Å². The van der Waals surface area contributed by atoms with Gasteiger partial charge in [-0.1, -0.05) is 172 Å². The predicted octanol–water partition coefficient (Wildman–Crippen LogP) is 16.0. The molecular weight excluding hydrogens is 693 g/mol. The van der Waals surface area contributed by atoms with Crippen LogP contribution in [0.15, 0.2) is 182 Å². The van der Waals surface area contributed by atoms with Crippen molar-refractivity contribution in [3.63, 3.8) is 0 Å². The van der Waals surface area contributed by atoms with E-state index in [2.05, 4.69) is 196 Å². The third-order valence-electron chi connectivity index (χ3n) is 12.6. The molecule has 11 aromatic rings. The molecule has 1 aliphatic carbocycles. The third kappa shape index (κ3) is 4.53. The van der Waals surface area contributed by atoms with Crippen LogP contribution in [0.2, 0.25) is 0 Å². The average molecular weight is 729 g/mol. The zero-order chi connectivity index (χ0) is 37.1. The van der Waals surface area contributed by atoms with E-state index in [0.29, 0.717) is 0 Å². The van der Waals surface area contributed by atoms with Crippen LogP contribution < -0.4 is 0 Å². The quantitative estimate of drug-likeness (QED) is 0.159.